The van der Waals surface area contributed by atoms with Gasteiger partial charge in [-0.1, -0.05) is 27.7 Å². The summed E-state index contributed by atoms with van der Waals surface area (Å²) in [6.07, 6.45) is 4.38. The second-order valence-corrected chi connectivity index (χ2v) is 5.85. The largest absolute Gasteiger partial charge is 0.380 e. The van der Waals surface area contributed by atoms with Crippen molar-refractivity contribution < 1.29 is 4.74 Å². The molecule has 2 atom stereocenters. The topological polar surface area (TPSA) is 21.3 Å². The zero-order valence-corrected chi connectivity index (χ0v) is 11.0. The molecule has 0 aromatic heterocycles. The predicted molar refractivity (Wildman–Crippen MR) is 65.1 cm³/mol. The van der Waals surface area contributed by atoms with Crippen LogP contribution in [-0.2, 0) is 4.74 Å². The van der Waals surface area contributed by atoms with Crippen molar-refractivity contribution in [1.29, 1.82) is 0 Å². The lowest BCUT2D eigenvalue weighted by atomic mass is 9.88. The van der Waals surface area contributed by atoms with Crippen molar-refractivity contribution in [3.8, 4) is 0 Å². The lowest BCUT2D eigenvalue weighted by Gasteiger charge is -2.31. The number of nitrogens with one attached hydrogen (secondary N) is 1. The lowest BCUT2D eigenvalue weighted by molar-refractivity contribution is 0.0151. The Labute approximate surface area is 94.8 Å². The third kappa shape index (κ3) is 4.12. The summed E-state index contributed by atoms with van der Waals surface area (Å²) in [6.45, 7) is 9.96. The molecule has 90 valence electrons. The Kier molecular flexibility index (Phi) is 4.60. The van der Waals surface area contributed by atoms with Crippen LogP contribution in [0.3, 0.4) is 0 Å². The first kappa shape index (κ1) is 13.0. The minimum absolute atomic E-state index is 0.226. The van der Waals surface area contributed by atoms with E-state index in [9.17, 15) is 0 Å². The van der Waals surface area contributed by atoms with E-state index in [1.165, 1.54) is 19.3 Å². The van der Waals surface area contributed by atoms with E-state index in [4.69, 9.17) is 4.74 Å². The average Bonchev–Trinajstić information content (AvgIpc) is 2.94. The molecule has 0 saturated heterocycles. The quantitative estimate of drug-likeness (QED) is 0.732. The summed E-state index contributed by atoms with van der Waals surface area (Å²) in [4.78, 5) is 0. The Morgan fingerprint density at radius 1 is 1.33 bits per heavy atom. The normalized spacial score (nSPS) is 21.4. The fraction of sp³-hybridized carbons (Fsp3) is 1.00. The summed E-state index contributed by atoms with van der Waals surface area (Å²) < 4.78 is 5.55. The molecule has 0 aromatic carbocycles. The molecule has 1 aliphatic rings. The monoisotopic (exact) mass is 213 g/mol. The molecule has 2 nitrogen and oxygen atoms in total. The van der Waals surface area contributed by atoms with Crippen LogP contribution in [0.4, 0.5) is 0 Å². The van der Waals surface area contributed by atoms with E-state index in [-0.39, 0.29) is 5.41 Å². The van der Waals surface area contributed by atoms with Crippen LogP contribution >= 0.6 is 0 Å². The zero-order chi connectivity index (χ0) is 11.5. The first-order valence-corrected chi connectivity index (χ1v) is 6.25. The zero-order valence-electron chi connectivity index (χ0n) is 11.0. The van der Waals surface area contributed by atoms with Gasteiger partial charge in [-0.25, -0.2) is 0 Å². The van der Waals surface area contributed by atoms with Gasteiger partial charge in [-0.2, -0.15) is 0 Å². The molecule has 15 heavy (non-hydrogen) atoms. The smallest absolute Gasteiger partial charge is 0.0743 e. The molecule has 1 N–H and O–H groups in total. The van der Waals surface area contributed by atoms with Crippen LogP contribution < -0.4 is 5.32 Å². The molecule has 1 aliphatic carbocycles. The first-order chi connectivity index (χ1) is 6.99. The van der Waals surface area contributed by atoms with Gasteiger partial charge < -0.3 is 10.1 Å². The highest BCUT2D eigenvalue weighted by Crippen LogP contribution is 2.34. The maximum atomic E-state index is 5.55. The van der Waals surface area contributed by atoms with E-state index in [0.717, 1.165) is 12.5 Å². The molecule has 1 fully saturated rings. The summed E-state index contributed by atoms with van der Waals surface area (Å²) in [6, 6.07) is 0.713. The van der Waals surface area contributed by atoms with Gasteiger partial charge in [0.1, 0.15) is 0 Å². The minimum atomic E-state index is 0.226. The van der Waals surface area contributed by atoms with Gasteiger partial charge in [-0.05, 0) is 30.6 Å². The Balaban J connectivity index is 2.32. The Hall–Kier alpha value is -0.0800. The molecule has 2 unspecified atom stereocenters. The third-order valence-corrected chi connectivity index (χ3v) is 3.45. The van der Waals surface area contributed by atoms with Crippen LogP contribution in [0.5, 0.6) is 0 Å². The third-order valence-electron chi connectivity index (χ3n) is 3.45. The molecule has 2 heteroatoms. The van der Waals surface area contributed by atoms with E-state index < -0.39 is 0 Å². The summed E-state index contributed by atoms with van der Waals surface area (Å²) >= 11 is 0. The van der Waals surface area contributed by atoms with Crippen molar-refractivity contribution in [2.24, 2.45) is 11.3 Å². The van der Waals surface area contributed by atoms with Gasteiger partial charge in [0, 0.05) is 19.7 Å². The molecule has 0 bridgehead atoms. The molecule has 0 amide bonds. The predicted octanol–water partition coefficient (Wildman–Crippen LogP) is 2.83. The van der Waals surface area contributed by atoms with Crippen molar-refractivity contribution in [1.82, 2.24) is 5.32 Å². The fourth-order valence-electron chi connectivity index (χ4n) is 2.14. The molecular weight excluding hydrogens is 186 g/mol. The Morgan fingerprint density at radius 3 is 2.27 bits per heavy atom. The van der Waals surface area contributed by atoms with E-state index in [2.05, 4.69) is 33.0 Å². The maximum absolute atomic E-state index is 5.55. The number of hydrogen-bond acceptors (Lipinski definition) is 2. The van der Waals surface area contributed by atoms with E-state index in [1.54, 1.807) is 0 Å². The van der Waals surface area contributed by atoms with Gasteiger partial charge in [0.25, 0.3) is 0 Å². The molecular formula is C13H27NO. The van der Waals surface area contributed by atoms with Gasteiger partial charge >= 0.3 is 0 Å². The first-order valence-electron chi connectivity index (χ1n) is 6.25. The molecule has 1 saturated carbocycles. The van der Waals surface area contributed by atoms with E-state index in [0.29, 0.717) is 12.1 Å². The molecule has 0 heterocycles. The van der Waals surface area contributed by atoms with Gasteiger partial charge in [0.15, 0.2) is 0 Å². The second kappa shape index (κ2) is 5.31. The van der Waals surface area contributed by atoms with Crippen molar-refractivity contribution in [2.75, 3.05) is 13.7 Å². The number of rotatable bonds is 6. The van der Waals surface area contributed by atoms with Crippen molar-refractivity contribution in [3.05, 3.63) is 0 Å². The van der Waals surface area contributed by atoms with Gasteiger partial charge in [-0.15, -0.1) is 0 Å². The van der Waals surface area contributed by atoms with E-state index in [1.807, 2.05) is 7.11 Å². The fourth-order valence-corrected chi connectivity index (χ4v) is 2.14. The molecule has 0 aliphatic heterocycles. The highest BCUT2D eigenvalue weighted by atomic mass is 16.5. The number of hydrogen-bond donors (Lipinski definition) is 1. The van der Waals surface area contributed by atoms with Crippen LogP contribution in [0.2, 0.25) is 0 Å². The minimum Gasteiger partial charge on any atom is -0.380 e. The van der Waals surface area contributed by atoms with E-state index >= 15 is 0 Å². The molecule has 0 spiro atoms. The second-order valence-electron chi connectivity index (χ2n) is 5.85. The summed E-state index contributed by atoms with van der Waals surface area (Å²) in [5.41, 5.74) is 0.226. The lowest BCUT2D eigenvalue weighted by Crippen LogP contribution is -2.42. The maximum Gasteiger partial charge on any atom is 0.0743 e. The Morgan fingerprint density at radius 2 is 1.93 bits per heavy atom. The SMILES string of the molecule is CCC(NCC(OC)C(C)(C)C)C1CC1. The van der Waals surface area contributed by atoms with Crippen LogP contribution in [0.1, 0.15) is 47.0 Å². The average molecular weight is 213 g/mol. The summed E-state index contributed by atoms with van der Waals surface area (Å²) in [7, 11) is 1.82. The number of ether oxygens (including phenoxy) is 1. The summed E-state index contributed by atoms with van der Waals surface area (Å²) in [5.74, 6) is 0.937. The molecule has 0 aromatic rings. The number of methoxy groups -OCH3 is 1. The molecule has 0 radical (unpaired) electrons. The highest BCUT2D eigenvalue weighted by molar-refractivity contribution is 4.87. The van der Waals surface area contributed by atoms with Gasteiger partial charge in [0.2, 0.25) is 0 Å². The molecule has 1 rings (SSSR count). The van der Waals surface area contributed by atoms with Crippen molar-refractivity contribution in [2.45, 2.75) is 59.1 Å². The van der Waals surface area contributed by atoms with Crippen LogP contribution in [0, 0.1) is 11.3 Å². The standard InChI is InChI=1S/C13H27NO/c1-6-11(10-7-8-10)14-9-12(15-5)13(2,3)4/h10-12,14H,6-9H2,1-5H3. The highest BCUT2D eigenvalue weighted by Gasteiger charge is 2.31. The van der Waals surface area contributed by atoms with Gasteiger partial charge in [0.05, 0.1) is 6.10 Å². The van der Waals surface area contributed by atoms with Crippen LogP contribution in [0.25, 0.3) is 0 Å². The Bertz CT molecular complexity index is 181. The van der Waals surface area contributed by atoms with Gasteiger partial charge in [-0.3, -0.25) is 0 Å². The van der Waals surface area contributed by atoms with Crippen LogP contribution in [0.15, 0.2) is 0 Å². The van der Waals surface area contributed by atoms with Crippen LogP contribution in [-0.4, -0.2) is 25.8 Å². The van der Waals surface area contributed by atoms with Crippen molar-refractivity contribution >= 4 is 0 Å². The van der Waals surface area contributed by atoms with Crippen molar-refractivity contribution in [3.63, 3.8) is 0 Å². The summed E-state index contributed by atoms with van der Waals surface area (Å²) in [5, 5.41) is 3.66.